The average Bonchev–Trinajstić information content (AvgIpc) is 2.25. The Morgan fingerprint density at radius 1 is 1.13 bits per heavy atom. The van der Waals surface area contributed by atoms with E-state index < -0.39 is 0 Å². The van der Waals surface area contributed by atoms with Crippen LogP contribution in [0.5, 0.6) is 0 Å². The fraction of sp³-hybridized carbons (Fsp3) is 1.00. The fourth-order valence-corrected chi connectivity index (χ4v) is 3.48. The van der Waals surface area contributed by atoms with Crippen molar-refractivity contribution in [2.45, 2.75) is 50.3 Å². The molecule has 2 aliphatic rings. The molecule has 0 aromatic heterocycles. The van der Waals surface area contributed by atoms with E-state index in [0.717, 1.165) is 16.7 Å². The molecular formula is C13H24BrN. The standard InChI is InChI=1S/C13H24BrN/c1-11-9-15(8-7-13(11)14)10-12-5-3-2-4-6-12/h11-13H,2-10H2,1H3. The molecule has 0 aromatic carbocycles. The second-order valence-electron chi connectivity index (χ2n) is 5.55. The fourth-order valence-electron chi connectivity index (χ4n) is 3.10. The minimum Gasteiger partial charge on any atom is -0.303 e. The van der Waals surface area contributed by atoms with Crippen LogP contribution in [0.2, 0.25) is 0 Å². The van der Waals surface area contributed by atoms with E-state index in [1.165, 1.54) is 58.2 Å². The van der Waals surface area contributed by atoms with Gasteiger partial charge in [-0.25, -0.2) is 0 Å². The second kappa shape index (κ2) is 5.67. The van der Waals surface area contributed by atoms with Crippen LogP contribution in [0.3, 0.4) is 0 Å². The molecule has 88 valence electrons. The first-order valence-electron chi connectivity index (χ1n) is 6.62. The molecule has 0 bridgehead atoms. The van der Waals surface area contributed by atoms with Crippen LogP contribution >= 0.6 is 15.9 Å². The maximum atomic E-state index is 3.78. The number of rotatable bonds is 2. The highest BCUT2D eigenvalue weighted by Gasteiger charge is 2.25. The molecule has 15 heavy (non-hydrogen) atoms. The lowest BCUT2D eigenvalue weighted by molar-refractivity contribution is 0.149. The zero-order valence-electron chi connectivity index (χ0n) is 9.92. The van der Waals surface area contributed by atoms with Gasteiger partial charge in [0.2, 0.25) is 0 Å². The molecule has 1 heterocycles. The van der Waals surface area contributed by atoms with Gasteiger partial charge >= 0.3 is 0 Å². The Balaban J connectivity index is 1.74. The van der Waals surface area contributed by atoms with Crippen molar-refractivity contribution < 1.29 is 0 Å². The van der Waals surface area contributed by atoms with Crippen LogP contribution in [0.15, 0.2) is 0 Å². The van der Waals surface area contributed by atoms with Crippen molar-refractivity contribution in [3.05, 3.63) is 0 Å². The summed E-state index contributed by atoms with van der Waals surface area (Å²) >= 11 is 3.78. The van der Waals surface area contributed by atoms with Gasteiger partial charge in [-0.15, -0.1) is 0 Å². The predicted molar refractivity (Wildman–Crippen MR) is 69.5 cm³/mol. The third-order valence-corrected chi connectivity index (χ3v) is 5.49. The van der Waals surface area contributed by atoms with E-state index >= 15 is 0 Å². The van der Waals surface area contributed by atoms with Gasteiger partial charge in [0.25, 0.3) is 0 Å². The maximum absolute atomic E-state index is 3.78. The first-order valence-corrected chi connectivity index (χ1v) is 7.53. The van der Waals surface area contributed by atoms with Crippen LogP contribution in [0, 0.1) is 11.8 Å². The molecule has 0 N–H and O–H groups in total. The molecule has 2 fully saturated rings. The monoisotopic (exact) mass is 273 g/mol. The lowest BCUT2D eigenvalue weighted by atomic mass is 9.88. The van der Waals surface area contributed by atoms with E-state index in [-0.39, 0.29) is 0 Å². The Morgan fingerprint density at radius 3 is 2.53 bits per heavy atom. The third-order valence-electron chi connectivity index (χ3n) is 4.13. The lowest BCUT2D eigenvalue weighted by Gasteiger charge is -2.37. The van der Waals surface area contributed by atoms with Gasteiger partial charge in [-0.1, -0.05) is 42.1 Å². The van der Waals surface area contributed by atoms with E-state index in [4.69, 9.17) is 0 Å². The van der Waals surface area contributed by atoms with Crippen molar-refractivity contribution >= 4 is 15.9 Å². The van der Waals surface area contributed by atoms with Crippen LogP contribution in [-0.4, -0.2) is 29.4 Å². The molecule has 2 atom stereocenters. The molecule has 1 saturated carbocycles. The second-order valence-corrected chi connectivity index (χ2v) is 6.72. The van der Waals surface area contributed by atoms with Crippen LogP contribution in [-0.2, 0) is 0 Å². The minimum atomic E-state index is 0.764. The first-order chi connectivity index (χ1) is 7.25. The number of halogens is 1. The molecule has 0 spiro atoms. The molecule has 0 radical (unpaired) electrons. The Hall–Kier alpha value is 0.440. The van der Waals surface area contributed by atoms with Gasteiger partial charge in [-0.05, 0) is 37.6 Å². The van der Waals surface area contributed by atoms with Gasteiger partial charge in [-0.3, -0.25) is 0 Å². The molecule has 1 nitrogen and oxygen atoms in total. The molecular weight excluding hydrogens is 250 g/mol. The summed E-state index contributed by atoms with van der Waals surface area (Å²) in [6.07, 6.45) is 8.76. The number of nitrogens with zero attached hydrogens (tertiary/aromatic N) is 1. The summed E-state index contributed by atoms with van der Waals surface area (Å²) in [6, 6.07) is 0. The Kier molecular flexibility index (Phi) is 4.51. The van der Waals surface area contributed by atoms with Gasteiger partial charge in [-0.2, -0.15) is 0 Å². The normalized spacial score (nSPS) is 35.6. The summed E-state index contributed by atoms with van der Waals surface area (Å²) in [7, 11) is 0. The van der Waals surface area contributed by atoms with Crippen molar-refractivity contribution in [2.24, 2.45) is 11.8 Å². The first kappa shape index (κ1) is 11.9. The molecule has 2 rings (SSSR count). The molecule has 0 aromatic rings. The van der Waals surface area contributed by atoms with E-state index in [9.17, 15) is 0 Å². The number of piperidine rings is 1. The minimum absolute atomic E-state index is 0.764. The molecule has 2 heteroatoms. The molecule has 1 aliphatic carbocycles. The molecule has 1 aliphatic heterocycles. The number of hydrogen-bond donors (Lipinski definition) is 0. The van der Waals surface area contributed by atoms with Gasteiger partial charge in [0, 0.05) is 17.9 Å². The van der Waals surface area contributed by atoms with Crippen molar-refractivity contribution in [3.8, 4) is 0 Å². The van der Waals surface area contributed by atoms with E-state index in [1.54, 1.807) is 0 Å². The number of hydrogen-bond acceptors (Lipinski definition) is 1. The highest BCUT2D eigenvalue weighted by atomic mass is 79.9. The highest BCUT2D eigenvalue weighted by Crippen LogP contribution is 2.28. The van der Waals surface area contributed by atoms with Gasteiger partial charge in [0.15, 0.2) is 0 Å². The van der Waals surface area contributed by atoms with Gasteiger partial charge in [0.05, 0.1) is 0 Å². The summed E-state index contributed by atoms with van der Waals surface area (Å²) in [5.41, 5.74) is 0. The largest absolute Gasteiger partial charge is 0.303 e. The third kappa shape index (κ3) is 3.45. The molecule has 1 saturated heterocycles. The lowest BCUT2D eigenvalue weighted by Crippen LogP contribution is -2.42. The zero-order chi connectivity index (χ0) is 10.7. The number of likely N-dealkylation sites (tertiary alicyclic amines) is 1. The van der Waals surface area contributed by atoms with Crippen LogP contribution < -0.4 is 0 Å². The van der Waals surface area contributed by atoms with Crippen molar-refractivity contribution in [1.29, 1.82) is 0 Å². The molecule has 2 unspecified atom stereocenters. The van der Waals surface area contributed by atoms with Crippen LogP contribution in [0.1, 0.15) is 45.4 Å². The predicted octanol–water partition coefficient (Wildman–Crippen LogP) is 3.67. The summed E-state index contributed by atoms with van der Waals surface area (Å²) in [6.45, 7) is 6.39. The van der Waals surface area contributed by atoms with Gasteiger partial charge < -0.3 is 4.90 Å². The topological polar surface area (TPSA) is 3.24 Å². The Labute approximate surface area is 103 Å². The van der Waals surface area contributed by atoms with Crippen molar-refractivity contribution in [3.63, 3.8) is 0 Å². The van der Waals surface area contributed by atoms with E-state index in [0.29, 0.717) is 0 Å². The molecule has 0 amide bonds. The van der Waals surface area contributed by atoms with Gasteiger partial charge in [0.1, 0.15) is 0 Å². The van der Waals surface area contributed by atoms with E-state index in [1.807, 2.05) is 0 Å². The summed E-state index contributed by atoms with van der Waals surface area (Å²) in [4.78, 5) is 3.47. The zero-order valence-corrected chi connectivity index (χ0v) is 11.5. The van der Waals surface area contributed by atoms with Crippen molar-refractivity contribution in [2.75, 3.05) is 19.6 Å². The summed E-state index contributed by atoms with van der Waals surface area (Å²) in [5, 5.41) is 0. The van der Waals surface area contributed by atoms with E-state index in [2.05, 4.69) is 27.8 Å². The maximum Gasteiger partial charge on any atom is 0.0195 e. The highest BCUT2D eigenvalue weighted by molar-refractivity contribution is 9.09. The smallest absolute Gasteiger partial charge is 0.0195 e. The Morgan fingerprint density at radius 2 is 1.87 bits per heavy atom. The summed E-state index contributed by atoms with van der Waals surface area (Å²) in [5.74, 6) is 1.85. The quantitative estimate of drug-likeness (QED) is 0.694. The SMILES string of the molecule is CC1CN(CC2CCCCC2)CCC1Br. The summed E-state index contributed by atoms with van der Waals surface area (Å²) < 4.78 is 0. The van der Waals surface area contributed by atoms with Crippen LogP contribution in [0.25, 0.3) is 0 Å². The van der Waals surface area contributed by atoms with Crippen LogP contribution in [0.4, 0.5) is 0 Å². The van der Waals surface area contributed by atoms with Crippen molar-refractivity contribution in [1.82, 2.24) is 4.90 Å². The number of alkyl halides is 1. The average molecular weight is 274 g/mol. The Bertz CT molecular complexity index is 189.